The predicted molar refractivity (Wildman–Crippen MR) is 130 cm³/mol. The predicted octanol–water partition coefficient (Wildman–Crippen LogP) is 3.97. The maximum absolute atomic E-state index is 14.7. The summed E-state index contributed by atoms with van der Waals surface area (Å²) in [6, 6.07) is 13.9. The molecule has 2 aromatic carbocycles. The second kappa shape index (κ2) is 8.45. The SMILES string of the molecule is CCC#Cc1nn(Cc2cc3cccc(F)c3c(=O)n2-c2ccccc2C)c2ncnc(N)c12. The quantitative estimate of drug-likeness (QED) is 0.418. The molecule has 34 heavy (non-hydrogen) atoms. The van der Waals surface area contributed by atoms with E-state index in [0.29, 0.717) is 39.9 Å². The van der Waals surface area contributed by atoms with Crippen LogP contribution in [0.3, 0.4) is 0 Å². The van der Waals surface area contributed by atoms with Crippen molar-refractivity contribution < 1.29 is 4.39 Å². The van der Waals surface area contributed by atoms with Gasteiger partial charge in [0.15, 0.2) is 5.65 Å². The molecule has 0 bridgehead atoms. The van der Waals surface area contributed by atoms with Crippen molar-refractivity contribution >= 4 is 27.6 Å². The minimum atomic E-state index is -0.557. The number of nitrogens with two attached hydrogens (primary N) is 1. The monoisotopic (exact) mass is 452 g/mol. The summed E-state index contributed by atoms with van der Waals surface area (Å²) < 4.78 is 17.9. The Balaban J connectivity index is 1.80. The molecule has 0 saturated heterocycles. The van der Waals surface area contributed by atoms with E-state index in [-0.39, 0.29) is 17.7 Å². The number of nitrogen functional groups attached to an aromatic ring is 1. The molecule has 0 spiro atoms. The van der Waals surface area contributed by atoms with E-state index in [9.17, 15) is 9.18 Å². The molecule has 8 heteroatoms. The molecule has 0 aliphatic heterocycles. The lowest BCUT2D eigenvalue weighted by atomic mass is 10.1. The third-order valence-electron chi connectivity index (χ3n) is 5.68. The van der Waals surface area contributed by atoms with E-state index >= 15 is 0 Å². The topological polar surface area (TPSA) is 91.6 Å². The van der Waals surface area contributed by atoms with Gasteiger partial charge in [-0.05, 0) is 42.0 Å². The van der Waals surface area contributed by atoms with E-state index < -0.39 is 11.4 Å². The summed E-state index contributed by atoms with van der Waals surface area (Å²) in [4.78, 5) is 22.1. The van der Waals surface area contributed by atoms with E-state index in [1.54, 1.807) is 16.8 Å². The molecule has 7 nitrogen and oxygen atoms in total. The first-order chi connectivity index (χ1) is 16.5. The fourth-order valence-electron chi connectivity index (χ4n) is 4.12. The van der Waals surface area contributed by atoms with Gasteiger partial charge in [-0.2, -0.15) is 5.10 Å². The number of hydrogen-bond acceptors (Lipinski definition) is 5. The molecular weight excluding hydrogens is 431 g/mol. The van der Waals surface area contributed by atoms with Crippen LogP contribution in [0.2, 0.25) is 0 Å². The number of benzene rings is 2. The van der Waals surface area contributed by atoms with Crippen molar-refractivity contribution in [1.82, 2.24) is 24.3 Å². The molecule has 0 atom stereocenters. The summed E-state index contributed by atoms with van der Waals surface area (Å²) in [7, 11) is 0. The number of pyridine rings is 1. The summed E-state index contributed by atoms with van der Waals surface area (Å²) in [5.74, 6) is 5.77. The molecule has 0 amide bonds. The molecule has 2 N–H and O–H groups in total. The summed E-state index contributed by atoms with van der Waals surface area (Å²) in [5.41, 5.74) is 8.85. The first kappa shape index (κ1) is 21.3. The average Bonchev–Trinajstić information content (AvgIpc) is 3.17. The van der Waals surface area contributed by atoms with E-state index in [1.165, 1.54) is 17.0 Å². The molecule has 3 aromatic heterocycles. The number of aryl methyl sites for hydroxylation is 1. The van der Waals surface area contributed by atoms with E-state index in [0.717, 1.165) is 5.56 Å². The Hall–Kier alpha value is -4.51. The van der Waals surface area contributed by atoms with Crippen LogP contribution in [0.25, 0.3) is 27.5 Å². The number of rotatable bonds is 3. The van der Waals surface area contributed by atoms with Crippen LogP contribution in [0.4, 0.5) is 10.2 Å². The summed E-state index contributed by atoms with van der Waals surface area (Å²) in [5, 5.41) is 5.77. The minimum Gasteiger partial charge on any atom is -0.383 e. The van der Waals surface area contributed by atoms with E-state index in [4.69, 9.17) is 5.73 Å². The summed E-state index contributed by atoms with van der Waals surface area (Å²) >= 11 is 0. The largest absolute Gasteiger partial charge is 0.383 e. The van der Waals surface area contributed by atoms with Crippen molar-refractivity contribution in [2.45, 2.75) is 26.8 Å². The van der Waals surface area contributed by atoms with Crippen molar-refractivity contribution in [3.63, 3.8) is 0 Å². The Morgan fingerprint density at radius 2 is 1.91 bits per heavy atom. The normalized spacial score (nSPS) is 11.0. The molecule has 0 unspecified atom stereocenters. The smallest absolute Gasteiger partial charge is 0.266 e. The van der Waals surface area contributed by atoms with Crippen LogP contribution < -0.4 is 11.3 Å². The van der Waals surface area contributed by atoms with Crippen molar-refractivity contribution in [1.29, 1.82) is 0 Å². The Morgan fingerprint density at radius 3 is 2.71 bits per heavy atom. The van der Waals surface area contributed by atoms with Crippen LogP contribution >= 0.6 is 0 Å². The number of nitrogens with zero attached hydrogens (tertiary/aromatic N) is 5. The van der Waals surface area contributed by atoms with Crippen molar-refractivity contribution in [3.8, 4) is 17.5 Å². The number of halogens is 1. The minimum absolute atomic E-state index is 0.0425. The van der Waals surface area contributed by atoms with Crippen molar-refractivity contribution in [3.05, 3.63) is 88.0 Å². The highest BCUT2D eigenvalue weighted by Gasteiger charge is 2.19. The number of anilines is 1. The molecule has 5 aromatic rings. The fraction of sp³-hybridized carbons (Fsp3) is 0.154. The number of hydrogen-bond donors (Lipinski definition) is 1. The molecular formula is C26H21FN6O. The number of aromatic nitrogens is 5. The lowest BCUT2D eigenvalue weighted by molar-refractivity contribution is 0.635. The lowest BCUT2D eigenvalue weighted by Crippen LogP contribution is -2.25. The number of para-hydroxylation sites is 1. The maximum Gasteiger partial charge on any atom is 0.266 e. The van der Waals surface area contributed by atoms with Crippen LogP contribution in [0.1, 0.15) is 30.3 Å². The highest BCUT2D eigenvalue weighted by molar-refractivity contribution is 5.90. The molecule has 0 fully saturated rings. The van der Waals surface area contributed by atoms with Gasteiger partial charge in [-0.1, -0.05) is 43.2 Å². The molecule has 0 radical (unpaired) electrons. The third kappa shape index (κ3) is 3.48. The van der Waals surface area contributed by atoms with Gasteiger partial charge < -0.3 is 5.73 Å². The first-order valence-electron chi connectivity index (χ1n) is 10.8. The van der Waals surface area contributed by atoms with Crippen LogP contribution in [-0.2, 0) is 6.54 Å². The van der Waals surface area contributed by atoms with Gasteiger partial charge in [-0.25, -0.2) is 19.0 Å². The molecule has 0 aliphatic rings. The Kier molecular flexibility index (Phi) is 5.30. The molecule has 168 valence electrons. The first-order valence-corrected chi connectivity index (χ1v) is 10.8. The standard InChI is InChI=1S/C26H21FN6O/c1-3-4-11-20-23-24(28)29-15-30-25(23)32(31-20)14-18-13-17-9-7-10-19(27)22(17)26(34)33(18)21-12-6-5-8-16(21)2/h5-10,12-13,15H,3,14H2,1-2H3,(H2,28,29,30). The summed E-state index contributed by atoms with van der Waals surface area (Å²) in [6.45, 7) is 4.05. The fourth-order valence-corrected chi connectivity index (χ4v) is 4.12. The van der Waals surface area contributed by atoms with Crippen molar-refractivity contribution in [2.24, 2.45) is 0 Å². The molecule has 3 heterocycles. The maximum atomic E-state index is 14.7. The zero-order chi connectivity index (χ0) is 23.8. The Morgan fingerprint density at radius 1 is 1.09 bits per heavy atom. The Labute approximate surface area is 194 Å². The number of fused-ring (bicyclic) bond motifs is 2. The van der Waals surface area contributed by atoms with Gasteiger partial charge >= 0.3 is 0 Å². The lowest BCUT2D eigenvalue weighted by Gasteiger charge is -2.17. The third-order valence-corrected chi connectivity index (χ3v) is 5.68. The van der Waals surface area contributed by atoms with E-state index in [1.807, 2.05) is 44.2 Å². The van der Waals surface area contributed by atoms with Crippen molar-refractivity contribution in [2.75, 3.05) is 5.73 Å². The highest BCUT2D eigenvalue weighted by Crippen LogP contribution is 2.24. The van der Waals surface area contributed by atoms with Crippen LogP contribution in [-0.4, -0.2) is 24.3 Å². The second-order valence-electron chi connectivity index (χ2n) is 7.89. The van der Waals surface area contributed by atoms with Gasteiger partial charge in [0.2, 0.25) is 0 Å². The zero-order valence-corrected chi connectivity index (χ0v) is 18.7. The van der Waals surface area contributed by atoms with Gasteiger partial charge in [0, 0.05) is 12.1 Å². The van der Waals surface area contributed by atoms with Gasteiger partial charge in [0.25, 0.3) is 5.56 Å². The highest BCUT2D eigenvalue weighted by atomic mass is 19.1. The van der Waals surface area contributed by atoms with Crippen LogP contribution in [0, 0.1) is 24.6 Å². The molecule has 0 saturated carbocycles. The molecule has 5 rings (SSSR count). The van der Waals surface area contributed by atoms with Gasteiger partial charge in [-0.3, -0.25) is 9.36 Å². The summed E-state index contributed by atoms with van der Waals surface area (Å²) in [6.07, 6.45) is 2.03. The Bertz CT molecular complexity index is 1690. The van der Waals surface area contributed by atoms with Gasteiger partial charge in [-0.15, -0.1) is 0 Å². The van der Waals surface area contributed by atoms with Gasteiger partial charge in [0.05, 0.1) is 23.0 Å². The zero-order valence-electron chi connectivity index (χ0n) is 18.7. The average molecular weight is 452 g/mol. The molecule has 0 aliphatic carbocycles. The van der Waals surface area contributed by atoms with Gasteiger partial charge in [0.1, 0.15) is 23.7 Å². The van der Waals surface area contributed by atoms with Crippen LogP contribution in [0.15, 0.2) is 59.7 Å². The van der Waals surface area contributed by atoms with E-state index in [2.05, 4.69) is 26.9 Å². The van der Waals surface area contributed by atoms with Crippen LogP contribution in [0.5, 0.6) is 0 Å². The second-order valence-corrected chi connectivity index (χ2v) is 7.89.